The highest BCUT2D eigenvalue weighted by Crippen LogP contribution is 2.58. The molecule has 1 saturated carbocycles. The van der Waals surface area contributed by atoms with Crippen molar-refractivity contribution in [2.75, 3.05) is 19.8 Å². The highest BCUT2D eigenvalue weighted by atomic mass is 16.7. The molecule has 1 spiro atoms. The van der Waals surface area contributed by atoms with Crippen LogP contribution in [0.25, 0.3) is 0 Å². The summed E-state index contributed by atoms with van der Waals surface area (Å²) < 4.78 is 18.1. The minimum Gasteiger partial charge on any atom is -0.377 e. The predicted molar refractivity (Wildman–Crippen MR) is 64.7 cm³/mol. The highest BCUT2D eigenvalue weighted by molar-refractivity contribution is 5.07. The number of fused-ring (bicyclic) bond motifs is 1. The molecule has 0 aromatic rings. The zero-order chi connectivity index (χ0) is 12.1. The van der Waals surface area contributed by atoms with Gasteiger partial charge in [-0.1, -0.05) is 20.8 Å². The van der Waals surface area contributed by atoms with Gasteiger partial charge in [0, 0.05) is 18.4 Å². The molecule has 17 heavy (non-hydrogen) atoms. The molecule has 3 nitrogen and oxygen atoms in total. The van der Waals surface area contributed by atoms with Crippen molar-refractivity contribution in [2.24, 2.45) is 10.8 Å². The first kappa shape index (κ1) is 11.9. The maximum Gasteiger partial charge on any atom is 0.176 e. The van der Waals surface area contributed by atoms with Gasteiger partial charge in [0.1, 0.15) is 0 Å². The van der Waals surface area contributed by atoms with E-state index in [1.807, 2.05) is 0 Å². The van der Waals surface area contributed by atoms with E-state index in [9.17, 15) is 0 Å². The van der Waals surface area contributed by atoms with Crippen LogP contribution in [0.5, 0.6) is 0 Å². The van der Waals surface area contributed by atoms with Gasteiger partial charge in [0.05, 0.1) is 19.3 Å². The van der Waals surface area contributed by atoms with Crippen molar-refractivity contribution in [3.8, 4) is 0 Å². The van der Waals surface area contributed by atoms with Gasteiger partial charge in [-0.15, -0.1) is 0 Å². The van der Waals surface area contributed by atoms with Crippen molar-refractivity contribution < 1.29 is 14.2 Å². The zero-order valence-electron chi connectivity index (χ0n) is 11.3. The Morgan fingerprint density at radius 2 is 1.59 bits per heavy atom. The van der Waals surface area contributed by atoms with Crippen LogP contribution in [-0.4, -0.2) is 31.7 Å². The van der Waals surface area contributed by atoms with Crippen molar-refractivity contribution in [3.05, 3.63) is 0 Å². The van der Waals surface area contributed by atoms with Crippen molar-refractivity contribution in [1.29, 1.82) is 0 Å². The maximum atomic E-state index is 6.13. The minimum atomic E-state index is -0.394. The second-order valence-electron chi connectivity index (χ2n) is 6.68. The summed E-state index contributed by atoms with van der Waals surface area (Å²) in [6, 6.07) is 0. The summed E-state index contributed by atoms with van der Waals surface area (Å²) in [7, 11) is 0. The third-order valence-electron chi connectivity index (χ3n) is 5.23. The molecule has 3 rings (SSSR count). The number of rotatable bonds is 0. The van der Waals surface area contributed by atoms with E-state index in [1.54, 1.807) is 0 Å². The molecule has 1 aliphatic carbocycles. The number of hydrogen-bond acceptors (Lipinski definition) is 3. The number of hydrogen-bond donors (Lipinski definition) is 0. The quantitative estimate of drug-likeness (QED) is 0.651. The Bertz CT molecular complexity index is 307. The van der Waals surface area contributed by atoms with E-state index in [0.29, 0.717) is 5.41 Å². The molecule has 0 aromatic carbocycles. The molecule has 0 N–H and O–H groups in total. The fourth-order valence-corrected chi connectivity index (χ4v) is 4.29. The SMILES string of the molecule is CC1(C)C2OCCC[C@@]2(C)CCC12OCCO2. The van der Waals surface area contributed by atoms with Crippen LogP contribution in [0.1, 0.15) is 46.5 Å². The molecule has 0 bridgehead atoms. The summed E-state index contributed by atoms with van der Waals surface area (Å²) >= 11 is 0. The summed E-state index contributed by atoms with van der Waals surface area (Å²) in [5.41, 5.74) is 0.249. The van der Waals surface area contributed by atoms with Gasteiger partial charge in [-0.25, -0.2) is 0 Å². The molecule has 2 heterocycles. The third kappa shape index (κ3) is 1.52. The van der Waals surface area contributed by atoms with Gasteiger partial charge in [0.15, 0.2) is 5.79 Å². The van der Waals surface area contributed by atoms with Crippen LogP contribution in [-0.2, 0) is 14.2 Å². The molecule has 0 aromatic heterocycles. The van der Waals surface area contributed by atoms with Crippen LogP contribution in [0, 0.1) is 10.8 Å². The van der Waals surface area contributed by atoms with Crippen LogP contribution in [0.3, 0.4) is 0 Å². The molecular formula is C14H24O3. The van der Waals surface area contributed by atoms with Gasteiger partial charge >= 0.3 is 0 Å². The van der Waals surface area contributed by atoms with E-state index in [1.165, 1.54) is 12.8 Å². The molecule has 2 atom stereocenters. The first-order valence-corrected chi connectivity index (χ1v) is 6.90. The second-order valence-corrected chi connectivity index (χ2v) is 6.68. The van der Waals surface area contributed by atoms with E-state index in [-0.39, 0.29) is 11.5 Å². The smallest absolute Gasteiger partial charge is 0.176 e. The standard InChI is InChI=1S/C14H24O3/c1-12(2)11-13(3,5-4-8-15-11)6-7-14(12)16-9-10-17-14/h11H,4-10H2,1-3H3/t11?,13-/m0/s1. The molecule has 0 amide bonds. The topological polar surface area (TPSA) is 27.7 Å². The first-order valence-electron chi connectivity index (χ1n) is 6.90. The Kier molecular flexibility index (Phi) is 2.59. The van der Waals surface area contributed by atoms with Gasteiger partial charge in [-0.05, 0) is 24.7 Å². The molecular weight excluding hydrogens is 216 g/mol. The molecule has 98 valence electrons. The Labute approximate surface area is 104 Å². The summed E-state index contributed by atoms with van der Waals surface area (Å²) in [5.74, 6) is -0.394. The van der Waals surface area contributed by atoms with Crippen molar-refractivity contribution in [2.45, 2.75) is 58.3 Å². The highest BCUT2D eigenvalue weighted by Gasteiger charge is 2.63. The van der Waals surface area contributed by atoms with Crippen LogP contribution in [0.2, 0.25) is 0 Å². The second kappa shape index (κ2) is 3.69. The average molecular weight is 240 g/mol. The van der Waals surface area contributed by atoms with E-state index in [2.05, 4.69) is 20.8 Å². The molecule has 1 unspecified atom stereocenters. The largest absolute Gasteiger partial charge is 0.377 e. The monoisotopic (exact) mass is 240 g/mol. The molecule has 2 saturated heterocycles. The summed E-state index contributed by atoms with van der Waals surface area (Å²) in [6.45, 7) is 9.23. The lowest BCUT2D eigenvalue weighted by Crippen LogP contribution is -2.63. The molecule has 3 fully saturated rings. The van der Waals surface area contributed by atoms with Crippen LogP contribution in [0.4, 0.5) is 0 Å². The Morgan fingerprint density at radius 1 is 0.882 bits per heavy atom. The normalized spacial score (nSPS) is 43.6. The lowest BCUT2D eigenvalue weighted by atomic mass is 9.56. The van der Waals surface area contributed by atoms with E-state index in [4.69, 9.17) is 14.2 Å². The lowest BCUT2D eigenvalue weighted by molar-refractivity contribution is -0.312. The van der Waals surface area contributed by atoms with Crippen molar-refractivity contribution in [1.82, 2.24) is 0 Å². The molecule has 0 radical (unpaired) electrons. The van der Waals surface area contributed by atoms with E-state index < -0.39 is 5.79 Å². The lowest BCUT2D eigenvalue weighted by Gasteiger charge is -2.59. The summed E-state index contributed by atoms with van der Waals surface area (Å²) in [5, 5.41) is 0. The average Bonchev–Trinajstić information content (AvgIpc) is 2.75. The van der Waals surface area contributed by atoms with E-state index >= 15 is 0 Å². The van der Waals surface area contributed by atoms with Gasteiger partial charge in [-0.2, -0.15) is 0 Å². The van der Waals surface area contributed by atoms with E-state index in [0.717, 1.165) is 32.7 Å². The van der Waals surface area contributed by atoms with Gasteiger partial charge in [0.25, 0.3) is 0 Å². The van der Waals surface area contributed by atoms with Crippen LogP contribution >= 0.6 is 0 Å². The van der Waals surface area contributed by atoms with Crippen LogP contribution < -0.4 is 0 Å². The fourth-order valence-electron chi connectivity index (χ4n) is 4.29. The number of ether oxygens (including phenoxy) is 3. The summed E-state index contributed by atoms with van der Waals surface area (Å²) in [4.78, 5) is 0. The molecule has 3 heteroatoms. The van der Waals surface area contributed by atoms with Crippen molar-refractivity contribution >= 4 is 0 Å². The van der Waals surface area contributed by atoms with Crippen LogP contribution in [0.15, 0.2) is 0 Å². The summed E-state index contributed by atoms with van der Waals surface area (Å²) in [6.07, 6.45) is 4.89. The Hall–Kier alpha value is -0.120. The van der Waals surface area contributed by atoms with Gasteiger partial charge in [0.2, 0.25) is 0 Å². The third-order valence-corrected chi connectivity index (χ3v) is 5.23. The van der Waals surface area contributed by atoms with Crippen molar-refractivity contribution in [3.63, 3.8) is 0 Å². The zero-order valence-corrected chi connectivity index (χ0v) is 11.3. The van der Waals surface area contributed by atoms with Gasteiger partial charge in [-0.3, -0.25) is 0 Å². The van der Waals surface area contributed by atoms with Gasteiger partial charge < -0.3 is 14.2 Å². The Balaban J connectivity index is 1.94. The fraction of sp³-hybridized carbons (Fsp3) is 1.00. The minimum absolute atomic E-state index is 0.0586. The maximum absolute atomic E-state index is 6.13. The first-order chi connectivity index (χ1) is 8.00. The Morgan fingerprint density at radius 3 is 2.29 bits per heavy atom. The molecule has 2 aliphatic heterocycles. The predicted octanol–water partition coefficient (Wildman–Crippen LogP) is 2.73. The molecule has 3 aliphatic rings.